The first-order chi connectivity index (χ1) is 26.4. The van der Waals surface area contributed by atoms with E-state index < -0.39 is 0 Å². The van der Waals surface area contributed by atoms with Gasteiger partial charge in [-0.1, -0.05) is 61.8 Å². The van der Waals surface area contributed by atoms with Crippen LogP contribution in [0.15, 0.2) is 85.1 Å². The van der Waals surface area contributed by atoms with E-state index >= 15 is 0 Å². The fourth-order valence-corrected chi connectivity index (χ4v) is 8.62. The number of para-hydroxylation sites is 1. The Hall–Kier alpha value is -5.45. The molecule has 0 atom stereocenters. The van der Waals surface area contributed by atoms with E-state index in [-0.39, 0.29) is 21.1 Å². The summed E-state index contributed by atoms with van der Waals surface area (Å²) in [5, 5.41) is 9.60. The average molecular weight is 915 g/mol. The van der Waals surface area contributed by atoms with Gasteiger partial charge in [-0.05, 0) is 112 Å². The molecule has 0 bridgehead atoms. The normalized spacial score (nSPS) is 11.8. The largest absolute Gasteiger partial charge is 2.00 e. The van der Waals surface area contributed by atoms with Gasteiger partial charge in [0.2, 0.25) is 0 Å². The van der Waals surface area contributed by atoms with Crippen molar-refractivity contribution < 1.29 is 25.8 Å². The molecule has 5 aromatic carbocycles. The number of fused-ring (bicyclic) bond motifs is 6. The number of aromatic nitrogens is 5. The Kier molecular flexibility index (Phi) is 9.32. The molecule has 282 valence electrons. The Morgan fingerprint density at radius 1 is 0.643 bits per heavy atom. The zero-order chi connectivity index (χ0) is 38.4. The number of aryl methyl sites for hydroxylation is 7. The van der Waals surface area contributed by atoms with Gasteiger partial charge in [0, 0.05) is 45.2 Å². The second-order valence-electron chi connectivity index (χ2n) is 15.6. The van der Waals surface area contributed by atoms with E-state index in [1.807, 2.05) is 23.9 Å². The zero-order valence-electron chi connectivity index (χ0n) is 33.6. The quantitative estimate of drug-likeness (QED) is 0.156. The second kappa shape index (κ2) is 13.9. The molecule has 6 nitrogen and oxygen atoms in total. The minimum Gasteiger partial charge on any atom is -0.509 e. The zero-order valence-corrected chi connectivity index (χ0v) is 35.9. The molecule has 0 aliphatic heterocycles. The van der Waals surface area contributed by atoms with Crippen LogP contribution in [-0.2, 0) is 21.1 Å². The van der Waals surface area contributed by atoms with Crippen molar-refractivity contribution in [1.82, 2.24) is 23.9 Å². The predicted molar refractivity (Wildman–Crippen MR) is 226 cm³/mol. The number of pyridine rings is 1. The van der Waals surface area contributed by atoms with Crippen LogP contribution in [0, 0.1) is 67.5 Å². The Bertz CT molecular complexity index is 2970. The molecule has 0 saturated carbocycles. The number of hydrogen-bond acceptors (Lipinski definition) is 3. The Labute approximate surface area is 343 Å². The van der Waals surface area contributed by atoms with Crippen LogP contribution in [0.2, 0.25) is 0 Å². The summed E-state index contributed by atoms with van der Waals surface area (Å²) in [6, 6.07) is 35.2. The molecule has 4 heterocycles. The van der Waals surface area contributed by atoms with Crippen molar-refractivity contribution in [2.75, 3.05) is 0 Å². The summed E-state index contributed by atoms with van der Waals surface area (Å²) in [5.74, 6) is 2.40. The maximum Gasteiger partial charge on any atom is 2.00 e. The van der Waals surface area contributed by atoms with Crippen LogP contribution < -0.4 is 4.74 Å². The predicted octanol–water partition coefficient (Wildman–Crippen LogP) is 12.4. The molecule has 0 aliphatic rings. The van der Waals surface area contributed by atoms with E-state index in [0.717, 1.165) is 67.1 Å². The van der Waals surface area contributed by atoms with Gasteiger partial charge in [-0.2, -0.15) is 11.2 Å². The smallest absolute Gasteiger partial charge is 0.509 e. The number of ether oxygens (including phenoxy) is 1. The third kappa shape index (κ3) is 5.80. The van der Waals surface area contributed by atoms with Crippen molar-refractivity contribution in [3.63, 3.8) is 0 Å². The van der Waals surface area contributed by atoms with Crippen LogP contribution in [0.25, 0.3) is 60.8 Å². The SMILES string of the molecule is Cc1cc(C)n(-c2[c-]c(Oc3[c-]c4c(cc3)c3ccccc3n4-c3ncc(C)c(-n4c5c(C)ccc(C)c5c5c(C)ccc(C)c54)c3C)cc(C(C)C)c2)n1.[Pt+2]. The molecule has 9 aromatic rings. The standard InChI is InChI=1S/C49H45N5O.Pt/c1-27(2)36-22-37(54-34(9)21-33(8)51-54)24-39(23-36)55-38-19-20-41-40-13-11-12-14-42(40)52(43(41)25-38)49-35(10)46(32(7)26-50-49)53-47-30(5)17-15-28(3)44(47)45-29(4)16-18-31(6)48(45)53;/h11-23,26-27H,1-10H3;/q-2;+2. The molecular formula is C49H45N5OPt. The van der Waals surface area contributed by atoms with E-state index in [9.17, 15) is 0 Å². The van der Waals surface area contributed by atoms with Crippen LogP contribution in [-0.4, -0.2) is 23.9 Å². The van der Waals surface area contributed by atoms with Crippen molar-refractivity contribution in [1.29, 1.82) is 0 Å². The summed E-state index contributed by atoms with van der Waals surface area (Å²) >= 11 is 0. The molecule has 0 saturated heterocycles. The minimum absolute atomic E-state index is 0. The monoisotopic (exact) mass is 914 g/mol. The Morgan fingerprint density at radius 2 is 1.30 bits per heavy atom. The maximum absolute atomic E-state index is 6.66. The number of rotatable bonds is 6. The van der Waals surface area contributed by atoms with Gasteiger partial charge in [-0.25, -0.2) is 4.98 Å². The molecule has 7 heteroatoms. The van der Waals surface area contributed by atoms with Crippen LogP contribution in [0.1, 0.15) is 70.1 Å². The number of hydrogen-bond donors (Lipinski definition) is 0. The molecular weight excluding hydrogens is 870 g/mol. The summed E-state index contributed by atoms with van der Waals surface area (Å²) < 4.78 is 13.4. The van der Waals surface area contributed by atoms with Crippen molar-refractivity contribution >= 4 is 43.6 Å². The molecule has 0 aliphatic carbocycles. The molecule has 0 spiro atoms. The van der Waals surface area contributed by atoms with E-state index in [1.165, 1.54) is 44.1 Å². The summed E-state index contributed by atoms with van der Waals surface area (Å²) in [5.41, 5.74) is 16.9. The minimum atomic E-state index is 0. The van der Waals surface area contributed by atoms with E-state index in [2.05, 4.69) is 156 Å². The van der Waals surface area contributed by atoms with Crippen LogP contribution in [0.3, 0.4) is 0 Å². The van der Waals surface area contributed by atoms with Gasteiger partial charge in [-0.15, -0.1) is 41.3 Å². The van der Waals surface area contributed by atoms with Crippen molar-refractivity contribution in [2.45, 2.75) is 75.2 Å². The van der Waals surface area contributed by atoms with Crippen molar-refractivity contribution in [3.8, 4) is 28.7 Å². The number of nitrogens with zero attached hydrogens (tertiary/aromatic N) is 5. The summed E-state index contributed by atoms with van der Waals surface area (Å²) in [7, 11) is 0. The van der Waals surface area contributed by atoms with Gasteiger partial charge in [0.1, 0.15) is 5.82 Å². The molecule has 0 radical (unpaired) electrons. The molecule has 56 heavy (non-hydrogen) atoms. The third-order valence-electron chi connectivity index (χ3n) is 11.3. The van der Waals surface area contributed by atoms with Crippen LogP contribution >= 0.6 is 0 Å². The first-order valence-electron chi connectivity index (χ1n) is 19.1. The second-order valence-corrected chi connectivity index (χ2v) is 15.6. The first kappa shape index (κ1) is 37.5. The number of benzene rings is 5. The van der Waals surface area contributed by atoms with Gasteiger partial charge in [0.15, 0.2) is 0 Å². The van der Waals surface area contributed by atoms with Crippen LogP contribution in [0.5, 0.6) is 11.5 Å². The van der Waals surface area contributed by atoms with Gasteiger partial charge in [-0.3, -0.25) is 4.68 Å². The van der Waals surface area contributed by atoms with Gasteiger partial charge in [0.25, 0.3) is 0 Å². The van der Waals surface area contributed by atoms with Gasteiger partial charge >= 0.3 is 21.1 Å². The van der Waals surface area contributed by atoms with Gasteiger partial charge in [0.05, 0.1) is 22.4 Å². The summed E-state index contributed by atoms with van der Waals surface area (Å²) in [4.78, 5) is 5.20. The fourth-order valence-electron chi connectivity index (χ4n) is 8.62. The first-order valence-corrected chi connectivity index (χ1v) is 19.1. The molecule has 9 rings (SSSR count). The van der Waals surface area contributed by atoms with Crippen LogP contribution in [0.4, 0.5) is 0 Å². The van der Waals surface area contributed by atoms with Crippen molar-refractivity contribution in [3.05, 3.63) is 148 Å². The third-order valence-corrected chi connectivity index (χ3v) is 11.3. The molecule has 0 unspecified atom stereocenters. The van der Waals surface area contributed by atoms with Crippen molar-refractivity contribution in [2.24, 2.45) is 0 Å². The average Bonchev–Trinajstić information content (AvgIpc) is 3.81. The summed E-state index contributed by atoms with van der Waals surface area (Å²) in [6.07, 6.45) is 2.03. The van der Waals surface area contributed by atoms with E-state index in [0.29, 0.717) is 17.4 Å². The van der Waals surface area contributed by atoms with Gasteiger partial charge < -0.3 is 13.9 Å². The fraction of sp³-hybridized carbons (Fsp3) is 0.224. The molecule has 4 aromatic heterocycles. The van der Waals surface area contributed by atoms with E-state index in [4.69, 9.17) is 14.8 Å². The summed E-state index contributed by atoms with van der Waals surface area (Å²) in [6.45, 7) is 21.8. The molecule has 0 amide bonds. The molecule has 0 fully saturated rings. The Balaban J connectivity index is 0.00000441. The topological polar surface area (TPSA) is 49.8 Å². The van der Waals surface area contributed by atoms with E-state index in [1.54, 1.807) is 0 Å². The Morgan fingerprint density at radius 3 is 1.95 bits per heavy atom. The maximum atomic E-state index is 6.66. The molecule has 0 N–H and O–H groups in total.